The van der Waals surface area contributed by atoms with Crippen molar-refractivity contribution in [2.24, 2.45) is 0 Å². The Balaban J connectivity index is 1.35. The minimum absolute atomic E-state index is 0.176. The van der Waals surface area contributed by atoms with Gasteiger partial charge in [-0.05, 0) is 41.8 Å². The van der Waals surface area contributed by atoms with Crippen LogP contribution in [0.25, 0.3) is 0 Å². The van der Waals surface area contributed by atoms with E-state index in [1.54, 1.807) is 12.1 Å². The van der Waals surface area contributed by atoms with E-state index in [-0.39, 0.29) is 11.9 Å². The molecule has 0 N–H and O–H groups in total. The molecule has 2 aliphatic rings. The van der Waals surface area contributed by atoms with Crippen LogP contribution in [0.4, 0.5) is 4.39 Å². The second-order valence-electron chi connectivity index (χ2n) is 6.65. The van der Waals surface area contributed by atoms with E-state index in [4.69, 9.17) is 9.47 Å². The quantitative estimate of drug-likeness (QED) is 0.856. The summed E-state index contributed by atoms with van der Waals surface area (Å²) in [5.74, 6) is 0.945. The molecular formula is C20H22FNO2. The zero-order valence-corrected chi connectivity index (χ0v) is 13.7. The van der Waals surface area contributed by atoms with Gasteiger partial charge in [0.1, 0.15) is 17.7 Å². The van der Waals surface area contributed by atoms with Crippen LogP contribution in [0.3, 0.4) is 0 Å². The van der Waals surface area contributed by atoms with E-state index in [2.05, 4.69) is 29.2 Å². The normalized spacial score (nSPS) is 23.9. The Morgan fingerprint density at radius 1 is 1.12 bits per heavy atom. The van der Waals surface area contributed by atoms with Gasteiger partial charge in [-0.3, -0.25) is 4.90 Å². The Kier molecular flexibility index (Phi) is 4.50. The van der Waals surface area contributed by atoms with Crippen molar-refractivity contribution in [3.05, 3.63) is 65.5 Å². The number of hydrogen-bond donors (Lipinski definition) is 0. The van der Waals surface area contributed by atoms with Gasteiger partial charge in [0.25, 0.3) is 0 Å². The second-order valence-corrected chi connectivity index (χ2v) is 6.65. The predicted octanol–water partition coefficient (Wildman–Crippen LogP) is 3.59. The topological polar surface area (TPSA) is 21.7 Å². The third kappa shape index (κ3) is 3.45. The van der Waals surface area contributed by atoms with Gasteiger partial charge in [-0.25, -0.2) is 4.39 Å². The van der Waals surface area contributed by atoms with Crippen molar-refractivity contribution >= 4 is 0 Å². The molecule has 24 heavy (non-hydrogen) atoms. The Hall–Kier alpha value is -1.91. The van der Waals surface area contributed by atoms with Crippen molar-refractivity contribution < 1.29 is 13.9 Å². The molecule has 0 aliphatic carbocycles. The van der Waals surface area contributed by atoms with E-state index in [0.717, 1.165) is 45.0 Å². The maximum Gasteiger partial charge on any atom is 0.123 e. The number of rotatable bonds is 4. The van der Waals surface area contributed by atoms with Crippen LogP contribution >= 0.6 is 0 Å². The first-order valence-corrected chi connectivity index (χ1v) is 8.58. The van der Waals surface area contributed by atoms with Crippen LogP contribution in [0.15, 0.2) is 48.5 Å². The average Bonchev–Trinajstić information content (AvgIpc) is 3.04. The zero-order valence-electron chi connectivity index (χ0n) is 13.7. The Bertz CT molecular complexity index is 688. The molecule has 2 aliphatic heterocycles. The summed E-state index contributed by atoms with van der Waals surface area (Å²) in [6.45, 7) is 4.46. The van der Waals surface area contributed by atoms with Gasteiger partial charge in [-0.2, -0.15) is 0 Å². The third-order valence-electron chi connectivity index (χ3n) is 4.90. The molecule has 0 aromatic heterocycles. The molecule has 126 valence electrons. The maximum atomic E-state index is 13.0. The van der Waals surface area contributed by atoms with E-state index in [0.29, 0.717) is 5.92 Å². The number of likely N-dealkylation sites (tertiary alicyclic amines) is 1. The lowest BCUT2D eigenvalue weighted by molar-refractivity contribution is 0.0794. The molecule has 2 atom stereocenters. The highest BCUT2D eigenvalue weighted by Gasteiger charge is 2.28. The molecule has 2 aromatic carbocycles. The lowest BCUT2D eigenvalue weighted by atomic mass is 9.92. The van der Waals surface area contributed by atoms with E-state index in [1.165, 1.54) is 23.3 Å². The highest BCUT2D eigenvalue weighted by Crippen LogP contribution is 2.28. The third-order valence-corrected chi connectivity index (χ3v) is 4.90. The Morgan fingerprint density at radius 2 is 1.96 bits per heavy atom. The standard InChI is InChI=1S/C20H22FNO2/c21-17-5-7-18(8-6-17)24-19-9-10-22(12-19)11-16-14-23-13-15-3-1-2-4-20(15)16/h1-8,16,19H,9-14H2/t16?,19-/m0/s1. The number of hydrogen-bond acceptors (Lipinski definition) is 3. The highest BCUT2D eigenvalue weighted by molar-refractivity contribution is 5.31. The average molecular weight is 327 g/mol. The van der Waals surface area contributed by atoms with Gasteiger partial charge < -0.3 is 9.47 Å². The fourth-order valence-corrected chi connectivity index (χ4v) is 3.69. The number of nitrogens with zero attached hydrogens (tertiary/aromatic N) is 1. The molecule has 3 nitrogen and oxygen atoms in total. The first-order valence-electron chi connectivity index (χ1n) is 8.58. The van der Waals surface area contributed by atoms with Gasteiger partial charge >= 0.3 is 0 Å². The second kappa shape index (κ2) is 6.91. The lowest BCUT2D eigenvalue weighted by Crippen LogP contribution is -2.32. The molecule has 0 radical (unpaired) electrons. The number of fused-ring (bicyclic) bond motifs is 1. The van der Waals surface area contributed by atoms with Crippen molar-refractivity contribution in [2.75, 3.05) is 26.2 Å². The van der Waals surface area contributed by atoms with Crippen LogP contribution in [-0.4, -0.2) is 37.2 Å². The van der Waals surface area contributed by atoms with E-state index in [9.17, 15) is 4.39 Å². The molecular weight excluding hydrogens is 305 g/mol. The Labute approximate surface area is 142 Å². The van der Waals surface area contributed by atoms with Crippen molar-refractivity contribution in [1.82, 2.24) is 4.90 Å². The van der Waals surface area contributed by atoms with E-state index < -0.39 is 0 Å². The summed E-state index contributed by atoms with van der Waals surface area (Å²) in [4.78, 5) is 2.45. The monoisotopic (exact) mass is 327 g/mol. The summed E-state index contributed by atoms with van der Waals surface area (Å²) in [5.41, 5.74) is 2.73. The predicted molar refractivity (Wildman–Crippen MR) is 90.7 cm³/mol. The van der Waals surface area contributed by atoms with Gasteiger partial charge in [0.05, 0.1) is 13.2 Å². The summed E-state index contributed by atoms with van der Waals surface area (Å²) < 4.78 is 24.7. The number of benzene rings is 2. The molecule has 1 fully saturated rings. The number of halogens is 1. The zero-order chi connectivity index (χ0) is 16.4. The molecule has 2 heterocycles. The molecule has 4 heteroatoms. The smallest absolute Gasteiger partial charge is 0.123 e. The number of ether oxygens (including phenoxy) is 2. The molecule has 2 aromatic rings. The summed E-state index contributed by atoms with van der Waals surface area (Å²) in [7, 11) is 0. The van der Waals surface area contributed by atoms with Gasteiger partial charge in [0.15, 0.2) is 0 Å². The molecule has 0 spiro atoms. The summed E-state index contributed by atoms with van der Waals surface area (Å²) in [6, 6.07) is 14.9. The maximum absolute atomic E-state index is 13.0. The van der Waals surface area contributed by atoms with Crippen molar-refractivity contribution in [3.63, 3.8) is 0 Å². The van der Waals surface area contributed by atoms with Crippen LogP contribution in [0, 0.1) is 5.82 Å². The van der Waals surface area contributed by atoms with Crippen molar-refractivity contribution in [1.29, 1.82) is 0 Å². The summed E-state index contributed by atoms with van der Waals surface area (Å²) in [5, 5.41) is 0. The largest absolute Gasteiger partial charge is 0.489 e. The van der Waals surface area contributed by atoms with Gasteiger partial charge in [0.2, 0.25) is 0 Å². The SMILES string of the molecule is Fc1ccc(O[C@H]2CCN(CC3COCc4ccccc43)C2)cc1. The first kappa shape index (κ1) is 15.6. The molecule has 1 unspecified atom stereocenters. The minimum Gasteiger partial charge on any atom is -0.489 e. The Morgan fingerprint density at radius 3 is 2.83 bits per heavy atom. The molecule has 0 amide bonds. The minimum atomic E-state index is -0.230. The van der Waals surface area contributed by atoms with Gasteiger partial charge in [0, 0.05) is 25.6 Å². The molecule has 4 rings (SSSR count). The van der Waals surface area contributed by atoms with E-state index >= 15 is 0 Å². The summed E-state index contributed by atoms with van der Waals surface area (Å²) >= 11 is 0. The van der Waals surface area contributed by atoms with Crippen LogP contribution in [0.5, 0.6) is 5.75 Å². The van der Waals surface area contributed by atoms with Crippen LogP contribution in [0.1, 0.15) is 23.5 Å². The lowest BCUT2D eigenvalue weighted by Gasteiger charge is -2.29. The fraction of sp³-hybridized carbons (Fsp3) is 0.400. The van der Waals surface area contributed by atoms with Gasteiger partial charge in [-0.1, -0.05) is 24.3 Å². The van der Waals surface area contributed by atoms with Crippen LogP contribution < -0.4 is 4.74 Å². The van der Waals surface area contributed by atoms with Gasteiger partial charge in [-0.15, -0.1) is 0 Å². The molecule has 0 saturated carbocycles. The van der Waals surface area contributed by atoms with Crippen molar-refractivity contribution in [3.8, 4) is 5.75 Å². The highest BCUT2D eigenvalue weighted by atomic mass is 19.1. The van der Waals surface area contributed by atoms with E-state index in [1.807, 2.05) is 0 Å². The fourth-order valence-electron chi connectivity index (χ4n) is 3.69. The molecule has 1 saturated heterocycles. The van der Waals surface area contributed by atoms with Crippen LogP contribution in [0.2, 0.25) is 0 Å². The van der Waals surface area contributed by atoms with Crippen LogP contribution in [-0.2, 0) is 11.3 Å². The van der Waals surface area contributed by atoms with Crippen molar-refractivity contribution in [2.45, 2.75) is 25.0 Å². The first-order chi connectivity index (χ1) is 11.8. The summed E-state index contributed by atoms with van der Waals surface area (Å²) in [6.07, 6.45) is 1.18. The molecule has 0 bridgehead atoms.